The SMILES string of the molecule is CCOC(=O)/C=C(/C(Nc1ccc([N+](=O)[O-])cc1)C(F)(F)F)P(=O)(OCC)OCC. The quantitative estimate of drug-likeness (QED) is 0.169. The minimum Gasteiger partial charge on any atom is -0.463 e. The van der Waals surface area contributed by atoms with Gasteiger partial charge in [0.2, 0.25) is 0 Å². The fourth-order valence-electron chi connectivity index (χ4n) is 2.32. The van der Waals surface area contributed by atoms with Crippen LogP contribution in [0, 0.1) is 10.1 Å². The highest BCUT2D eigenvalue weighted by Gasteiger charge is 2.50. The summed E-state index contributed by atoms with van der Waals surface area (Å²) < 4.78 is 69.5. The number of non-ortho nitro benzene ring substituents is 1. The highest BCUT2D eigenvalue weighted by molar-refractivity contribution is 7.58. The Morgan fingerprint density at radius 3 is 2.10 bits per heavy atom. The number of halogens is 3. The van der Waals surface area contributed by atoms with Gasteiger partial charge in [0.1, 0.15) is 0 Å². The number of ether oxygens (including phenoxy) is 1. The molecule has 0 amide bonds. The Kier molecular flexibility index (Phi) is 9.47. The van der Waals surface area contributed by atoms with Gasteiger partial charge in [0.25, 0.3) is 5.69 Å². The molecule has 0 aliphatic heterocycles. The number of esters is 1. The van der Waals surface area contributed by atoms with Crippen LogP contribution in [0.5, 0.6) is 0 Å². The fourth-order valence-corrected chi connectivity index (χ4v) is 4.16. The van der Waals surface area contributed by atoms with Crippen LogP contribution in [-0.2, 0) is 23.1 Å². The van der Waals surface area contributed by atoms with Gasteiger partial charge in [0.15, 0.2) is 6.04 Å². The molecule has 0 aromatic heterocycles. The maximum Gasteiger partial charge on any atom is 0.413 e. The Hall–Kier alpha value is -2.43. The molecule has 0 radical (unpaired) electrons. The molecule has 0 saturated heterocycles. The molecule has 1 atom stereocenters. The monoisotopic (exact) mass is 454 g/mol. The minimum absolute atomic E-state index is 0.122. The number of carbonyl (C=O) groups excluding carboxylic acids is 1. The van der Waals surface area contributed by atoms with Crippen molar-refractivity contribution in [2.24, 2.45) is 0 Å². The molecule has 1 N–H and O–H groups in total. The maximum absolute atomic E-state index is 13.9. The summed E-state index contributed by atoms with van der Waals surface area (Å²) in [6.07, 6.45) is -4.60. The maximum atomic E-state index is 13.9. The van der Waals surface area contributed by atoms with E-state index in [1.165, 1.54) is 20.8 Å². The van der Waals surface area contributed by atoms with Crippen molar-refractivity contribution >= 4 is 24.9 Å². The van der Waals surface area contributed by atoms with E-state index >= 15 is 0 Å². The van der Waals surface area contributed by atoms with Crippen molar-refractivity contribution in [1.29, 1.82) is 0 Å². The van der Waals surface area contributed by atoms with Gasteiger partial charge in [-0.25, -0.2) is 4.79 Å². The highest BCUT2D eigenvalue weighted by atomic mass is 31.2. The molecule has 0 aliphatic carbocycles. The zero-order valence-electron chi connectivity index (χ0n) is 16.5. The first-order valence-electron chi connectivity index (χ1n) is 8.84. The van der Waals surface area contributed by atoms with Gasteiger partial charge in [0, 0.05) is 23.9 Å². The zero-order chi connectivity index (χ0) is 22.9. The lowest BCUT2D eigenvalue weighted by Crippen LogP contribution is -2.38. The topological polar surface area (TPSA) is 117 Å². The van der Waals surface area contributed by atoms with Gasteiger partial charge >= 0.3 is 19.7 Å². The lowest BCUT2D eigenvalue weighted by molar-refractivity contribution is -0.384. The molecule has 1 aromatic carbocycles. The molecule has 30 heavy (non-hydrogen) atoms. The lowest BCUT2D eigenvalue weighted by Gasteiger charge is -2.29. The second kappa shape index (κ2) is 11.1. The van der Waals surface area contributed by atoms with E-state index in [1.54, 1.807) is 0 Å². The number of rotatable bonds is 11. The summed E-state index contributed by atoms with van der Waals surface area (Å²) >= 11 is 0. The molecule has 1 unspecified atom stereocenters. The number of nitrogens with one attached hydrogen (secondary N) is 1. The number of alkyl halides is 3. The molecule has 0 spiro atoms. The van der Waals surface area contributed by atoms with E-state index in [4.69, 9.17) is 9.05 Å². The van der Waals surface area contributed by atoms with Gasteiger partial charge in [0.05, 0.1) is 30.1 Å². The van der Waals surface area contributed by atoms with Gasteiger partial charge < -0.3 is 19.1 Å². The molecule has 0 fully saturated rings. The van der Waals surface area contributed by atoms with Crippen molar-refractivity contribution in [2.45, 2.75) is 33.0 Å². The lowest BCUT2D eigenvalue weighted by atomic mass is 10.2. The highest BCUT2D eigenvalue weighted by Crippen LogP contribution is 2.59. The van der Waals surface area contributed by atoms with E-state index in [0.717, 1.165) is 24.3 Å². The van der Waals surface area contributed by atoms with Crippen LogP contribution in [0.15, 0.2) is 35.7 Å². The number of nitro groups is 1. The molecular formula is C17H22F3N2O7P. The molecule has 1 aromatic rings. The van der Waals surface area contributed by atoms with Gasteiger partial charge in [-0.3, -0.25) is 14.7 Å². The van der Waals surface area contributed by atoms with Gasteiger partial charge in [-0.05, 0) is 32.9 Å². The summed E-state index contributed by atoms with van der Waals surface area (Å²) in [5, 5.41) is 11.8. The normalized spacial score (nSPS) is 13.6. The molecule has 0 heterocycles. The number of nitro benzene ring substituents is 1. The largest absolute Gasteiger partial charge is 0.463 e. The standard InChI is InChI=1S/C17H22F3N2O7P/c1-4-27-15(23)11-14(30(26,28-5-2)29-6-3)16(17(18,19)20)21-12-7-9-13(10-8-12)22(24)25/h7-11,16,21H,4-6H2,1-3H3/b14-11-. The number of hydrogen-bond acceptors (Lipinski definition) is 8. The van der Waals surface area contributed by atoms with Crippen molar-refractivity contribution < 1.29 is 41.2 Å². The number of hydrogen-bond donors (Lipinski definition) is 1. The van der Waals surface area contributed by atoms with E-state index in [2.05, 4.69) is 10.1 Å². The van der Waals surface area contributed by atoms with Crippen LogP contribution in [0.25, 0.3) is 0 Å². The Bertz CT molecular complexity index is 803. The van der Waals surface area contributed by atoms with Gasteiger partial charge in [-0.15, -0.1) is 0 Å². The van der Waals surface area contributed by atoms with Gasteiger partial charge in [-0.2, -0.15) is 13.2 Å². The molecule has 13 heteroatoms. The average molecular weight is 454 g/mol. The fraction of sp³-hybridized carbons (Fsp3) is 0.471. The van der Waals surface area contributed by atoms with Crippen molar-refractivity contribution in [1.82, 2.24) is 0 Å². The Morgan fingerprint density at radius 1 is 1.17 bits per heavy atom. The molecule has 0 saturated carbocycles. The Morgan fingerprint density at radius 2 is 1.70 bits per heavy atom. The summed E-state index contributed by atoms with van der Waals surface area (Å²) in [7, 11) is -4.55. The predicted molar refractivity (Wildman–Crippen MR) is 102 cm³/mol. The first kappa shape index (κ1) is 25.6. The summed E-state index contributed by atoms with van der Waals surface area (Å²) in [6.45, 7) is 3.63. The van der Waals surface area contributed by atoms with Crippen LogP contribution in [0.2, 0.25) is 0 Å². The molecule has 168 valence electrons. The molecule has 0 aliphatic rings. The van der Waals surface area contributed by atoms with E-state index in [-0.39, 0.29) is 31.2 Å². The summed E-state index contributed by atoms with van der Waals surface area (Å²) in [6, 6.07) is 1.42. The van der Waals surface area contributed by atoms with E-state index < -0.39 is 36.0 Å². The first-order chi connectivity index (χ1) is 14.0. The van der Waals surface area contributed by atoms with E-state index in [1.807, 2.05) is 0 Å². The third-order valence-corrected chi connectivity index (χ3v) is 5.69. The summed E-state index contributed by atoms with van der Waals surface area (Å²) in [5.41, 5.74) is -0.502. The molecular weight excluding hydrogens is 432 g/mol. The van der Waals surface area contributed by atoms with Crippen LogP contribution in [0.4, 0.5) is 24.5 Å². The third-order valence-electron chi connectivity index (χ3n) is 3.48. The second-order valence-corrected chi connectivity index (χ2v) is 7.60. The number of anilines is 1. The zero-order valence-corrected chi connectivity index (χ0v) is 17.4. The smallest absolute Gasteiger partial charge is 0.413 e. The Balaban J connectivity index is 3.51. The van der Waals surface area contributed by atoms with Crippen molar-refractivity contribution in [3.05, 3.63) is 45.8 Å². The predicted octanol–water partition coefficient (Wildman–Crippen LogP) is 4.65. The number of nitrogens with zero attached hydrogens (tertiary/aromatic N) is 1. The molecule has 9 nitrogen and oxygen atoms in total. The molecule has 0 bridgehead atoms. The van der Waals surface area contributed by atoms with E-state index in [0.29, 0.717) is 6.08 Å². The van der Waals surface area contributed by atoms with Crippen molar-refractivity contribution in [3.63, 3.8) is 0 Å². The van der Waals surface area contributed by atoms with Crippen molar-refractivity contribution in [2.75, 3.05) is 25.1 Å². The van der Waals surface area contributed by atoms with E-state index in [9.17, 15) is 32.6 Å². The van der Waals surface area contributed by atoms with Crippen molar-refractivity contribution in [3.8, 4) is 0 Å². The van der Waals surface area contributed by atoms with Crippen LogP contribution in [-0.4, -0.2) is 42.9 Å². The van der Waals surface area contributed by atoms with Crippen LogP contribution < -0.4 is 5.32 Å². The average Bonchev–Trinajstić information content (AvgIpc) is 2.64. The molecule has 1 rings (SSSR count). The summed E-state index contributed by atoms with van der Waals surface area (Å²) in [4.78, 5) is 21.9. The summed E-state index contributed by atoms with van der Waals surface area (Å²) in [5.74, 6) is -1.16. The Labute approximate surface area is 170 Å². The first-order valence-corrected chi connectivity index (χ1v) is 10.4. The van der Waals surface area contributed by atoms with Crippen LogP contribution >= 0.6 is 7.60 Å². The van der Waals surface area contributed by atoms with Gasteiger partial charge in [-0.1, -0.05) is 0 Å². The minimum atomic E-state index is -5.04. The number of benzene rings is 1. The van der Waals surface area contributed by atoms with Crippen LogP contribution in [0.1, 0.15) is 20.8 Å². The number of carbonyl (C=O) groups is 1. The second-order valence-electron chi connectivity index (χ2n) is 5.58. The van der Waals surface area contributed by atoms with Crippen LogP contribution in [0.3, 0.4) is 0 Å². The third kappa shape index (κ3) is 7.12.